The third kappa shape index (κ3) is 1.27. The zero-order valence-electron chi connectivity index (χ0n) is 12.4. The molecule has 4 aromatic rings. The molecule has 0 bridgehead atoms. The molecule has 0 radical (unpaired) electrons. The molecule has 1 aromatic heterocycles. The van der Waals surface area contributed by atoms with Gasteiger partial charge in [-0.15, -0.1) is 0 Å². The molecule has 1 nitrogen and oxygen atoms in total. The average molecular weight is 290 g/mol. The van der Waals surface area contributed by atoms with Crippen LogP contribution in [-0.2, 0) is 6.42 Å². The van der Waals surface area contributed by atoms with E-state index >= 15 is 0 Å². The van der Waals surface area contributed by atoms with Crippen LogP contribution >= 0.6 is 0 Å². The molecule has 2 aliphatic rings. The van der Waals surface area contributed by atoms with Crippen molar-refractivity contribution in [2.75, 3.05) is 0 Å². The molecule has 104 valence electrons. The van der Waals surface area contributed by atoms with Crippen molar-refractivity contribution in [2.45, 2.75) is 6.42 Å². The summed E-state index contributed by atoms with van der Waals surface area (Å²) < 4.78 is 0. The van der Waals surface area contributed by atoms with Gasteiger partial charge in [0.2, 0.25) is 0 Å². The fraction of sp³-hybridized carbons (Fsp3) is 0.0476. The van der Waals surface area contributed by atoms with Gasteiger partial charge in [0.25, 0.3) is 0 Å². The molecule has 0 N–H and O–H groups in total. The summed E-state index contributed by atoms with van der Waals surface area (Å²) >= 11 is 0. The van der Waals surface area contributed by atoms with E-state index in [2.05, 4.69) is 36.3 Å². The first kappa shape index (κ1) is 11.8. The molecule has 0 unspecified atom stereocenters. The van der Waals surface area contributed by atoms with Crippen molar-refractivity contribution in [3.63, 3.8) is 0 Å². The zero-order valence-corrected chi connectivity index (χ0v) is 12.4. The molecular formula is C21H11BO. The predicted molar refractivity (Wildman–Crippen MR) is 94.5 cm³/mol. The number of hydrogen-bond acceptors (Lipinski definition) is 1. The maximum absolute atomic E-state index is 13.0. The Morgan fingerprint density at radius 2 is 1.61 bits per heavy atom. The van der Waals surface area contributed by atoms with Crippen LogP contribution in [0.1, 0.15) is 27.0 Å². The van der Waals surface area contributed by atoms with Gasteiger partial charge in [0, 0.05) is 0 Å². The van der Waals surface area contributed by atoms with E-state index in [1.807, 2.05) is 25.0 Å². The molecule has 0 saturated heterocycles. The van der Waals surface area contributed by atoms with E-state index in [0.29, 0.717) is 0 Å². The van der Waals surface area contributed by atoms with Crippen LogP contribution in [0.15, 0.2) is 54.4 Å². The van der Waals surface area contributed by atoms with E-state index in [-0.39, 0.29) is 5.78 Å². The van der Waals surface area contributed by atoms with Crippen LogP contribution in [0.4, 0.5) is 0 Å². The first-order valence-electron chi connectivity index (χ1n) is 7.97. The maximum atomic E-state index is 13.0. The topological polar surface area (TPSA) is 17.1 Å². The number of benzene rings is 3. The standard InChI is InChI=1S/C21H11BO/c23-21-15-6-2-5-13-7-11-3-1-4-12-8-14-9-22-10-16(21)19(14)20(17(11)12)18(13)15/h1-7,9-10H,8H2. The normalized spacial score (nSPS) is 13.8. The summed E-state index contributed by atoms with van der Waals surface area (Å²) in [5.41, 5.74) is 6.81. The molecule has 23 heavy (non-hydrogen) atoms. The molecule has 1 heterocycles. The van der Waals surface area contributed by atoms with Gasteiger partial charge in [-0.3, -0.25) is 0 Å². The first-order valence-corrected chi connectivity index (χ1v) is 7.97. The van der Waals surface area contributed by atoms with E-state index in [0.717, 1.165) is 28.3 Å². The van der Waals surface area contributed by atoms with E-state index in [9.17, 15) is 4.79 Å². The fourth-order valence-corrected chi connectivity index (χ4v) is 4.48. The summed E-state index contributed by atoms with van der Waals surface area (Å²) in [6, 6.07) is 14.9. The van der Waals surface area contributed by atoms with Crippen LogP contribution < -0.4 is 0 Å². The van der Waals surface area contributed by atoms with E-state index in [4.69, 9.17) is 0 Å². The summed E-state index contributed by atoms with van der Waals surface area (Å²) in [5, 5.41) is 4.91. The number of ketones is 1. The van der Waals surface area contributed by atoms with Crippen LogP contribution in [0.25, 0.3) is 32.7 Å². The number of hydrogen-bond donors (Lipinski definition) is 0. The Balaban J connectivity index is 2.04. The predicted octanol–water partition coefficient (Wildman–Crippen LogP) is 4.45. The van der Waals surface area contributed by atoms with Gasteiger partial charge < -0.3 is 0 Å². The molecule has 0 amide bonds. The second kappa shape index (κ2) is 3.77. The van der Waals surface area contributed by atoms with Gasteiger partial charge in [-0.2, -0.15) is 0 Å². The summed E-state index contributed by atoms with van der Waals surface area (Å²) in [6.07, 6.45) is 0.911. The molecule has 2 aliphatic carbocycles. The second-order valence-electron chi connectivity index (χ2n) is 6.52. The molecule has 0 fully saturated rings. The Kier molecular flexibility index (Phi) is 1.93. The van der Waals surface area contributed by atoms with Crippen LogP contribution in [0.2, 0.25) is 0 Å². The van der Waals surface area contributed by atoms with Gasteiger partial charge in [0.05, 0.1) is 0 Å². The van der Waals surface area contributed by atoms with Gasteiger partial charge in [0.1, 0.15) is 0 Å². The molecular weight excluding hydrogens is 279 g/mol. The van der Waals surface area contributed by atoms with E-state index in [1.165, 1.54) is 33.0 Å². The fourth-order valence-electron chi connectivity index (χ4n) is 4.48. The molecule has 0 spiro atoms. The monoisotopic (exact) mass is 290 g/mol. The average Bonchev–Trinajstić information content (AvgIpc) is 2.59. The summed E-state index contributed by atoms with van der Waals surface area (Å²) in [7, 11) is 0. The third-order valence-electron chi connectivity index (χ3n) is 5.36. The van der Waals surface area contributed by atoms with Crippen LogP contribution in [0.5, 0.6) is 0 Å². The summed E-state index contributed by atoms with van der Waals surface area (Å²) in [5.74, 6) is 4.31. The Bertz CT molecular complexity index is 1200. The quantitative estimate of drug-likeness (QED) is 0.378. The molecule has 0 atom stereocenters. The van der Waals surface area contributed by atoms with Crippen molar-refractivity contribution in [3.05, 3.63) is 76.6 Å². The molecule has 6 rings (SSSR count). The molecule has 0 aliphatic heterocycles. The number of carbonyl (C=O) groups is 1. The Morgan fingerprint density at radius 3 is 2.52 bits per heavy atom. The van der Waals surface area contributed by atoms with Crippen molar-refractivity contribution >= 4 is 34.2 Å². The Labute approximate surface area is 133 Å². The van der Waals surface area contributed by atoms with E-state index < -0.39 is 0 Å². The van der Waals surface area contributed by atoms with Crippen molar-refractivity contribution in [1.82, 2.24) is 0 Å². The van der Waals surface area contributed by atoms with Gasteiger partial charge in [-0.1, -0.05) is 0 Å². The van der Waals surface area contributed by atoms with Crippen LogP contribution in [0.3, 0.4) is 0 Å². The van der Waals surface area contributed by atoms with Crippen molar-refractivity contribution in [2.24, 2.45) is 0 Å². The summed E-state index contributed by atoms with van der Waals surface area (Å²) in [4.78, 5) is 13.0. The SMILES string of the molecule is O=C1c2cbcc3c2-c2c4c(cccc4cc4cccc1c24)C3. The number of carbonyl (C=O) groups excluding carboxylic acids is 1. The third-order valence-corrected chi connectivity index (χ3v) is 5.36. The molecule has 0 saturated carbocycles. The van der Waals surface area contributed by atoms with Crippen LogP contribution in [0, 0.1) is 0 Å². The van der Waals surface area contributed by atoms with Crippen molar-refractivity contribution in [1.29, 1.82) is 0 Å². The van der Waals surface area contributed by atoms with Gasteiger partial charge in [-0.25, -0.2) is 0 Å². The van der Waals surface area contributed by atoms with Gasteiger partial charge in [0.15, 0.2) is 0 Å². The number of rotatable bonds is 0. The minimum absolute atomic E-state index is 0.165. The molecule has 2 heteroatoms. The zero-order chi connectivity index (χ0) is 15.1. The summed E-state index contributed by atoms with van der Waals surface area (Å²) in [6.45, 7) is 2.02. The Morgan fingerprint density at radius 1 is 0.783 bits per heavy atom. The molecule has 3 aromatic carbocycles. The Hall–Kier alpha value is -2.74. The van der Waals surface area contributed by atoms with Gasteiger partial charge in [-0.05, 0) is 0 Å². The first-order chi connectivity index (χ1) is 11.3. The van der Waals surface area contributed by atoms with E-state index in [1.54, 1.807) is 0 Å². The van der Waals surface area contributed by atoms with Crippen LogP contribution in [-0.4, -0.2) is 12.7 Å². The second-order valence-corrected chi connectivity index (χ2v) is 6.52. The van der Waals surface area contributed by atoms with Gasteiger partial charge >= 0.3 is 133 Å². The van der Waals surface area contributed by atoms with Crippen molar-refractivity contribution in [3.8, 4) is 11.1 Å². The van der Waals surface area contributed by atoms with Crippen molar-refractivity contribution < 1.29 is 4.79 Å². The minimum atomic E-state index is 0.165.